The molecule has 0 bridgehead atoms. The number of piperidine rings is 1. The number of aliphatic hydroxyl groups is 2. The Balaban J connectivity index is 0.718. The zero-order chi connectivity index (χ0) is 56.4. The van der Waals surface area contributed by atoms with Crippen LogP contribution in [-0.4, -0.2) is 118 Å². The number of nitrogens with zero attached hydrogens (tertiary/aromatic N) is 7. The van der Waals surface area contributed by atoms with Crippen LogP contribution in [0.2, 0.25) is 0 Å². The number of rotatable bonds is 23. The lowest BCUT2D eigenvalue weighted by atomic mass is 9.85. The molecule has 422 valence electrons. The minimum Gasteiger partial charge on any atom is -0.391 e. The number of carbonyl (C=O) groups excluding carboxylic acids is 4. The van der Waals surface area contributed by atoms with Crippen LogP contribution in [0.4, 0.5) is 0 Å². The summed E-state index contributed by atoms with van der Waals surface area (Å²) in [7, 11) is 1.80. The molecular weight excluding hydrogens is 1020 g/mol. The zero-order valence-electron chi connectivity index (χ0n) is 47.0. The minimum absolute atomic E-state index is 0.0215. The Labute approximate surface area is 468 Å². The Bertz CT molecular complexity index is 3090. The Hall–Kier alpha value is -6.60. The molecule has 4 amide bonds. The van der Waals surface area contributed by atoms with Gasteiger partial charge in [-0.2, -0.15) is 5.10 Å². The van der Waals surface area contributed by atoms with E-state index in [2.05, 4.69) is 50.1 Å². The molecule has 8 rings (SSSR count). The van der Waals surface area contributed by atoms with E-state index < -0.39 is 29.2 Å². The van der Waals surface area contributed by atoms with E-state index in [1.54, 1.807) is 23.1 Å². The van der Waals surface area contributed by atoms with Gasteiger partial charge in [-0.05, 0) is 79.7 Å². The number of aliphatic hydroxyl groups excluding tert-OH is 1. The Morgan fingerprint density at radius 2 is 1.51 bits per heavy atom. The summed E-state index contributed by atoms with van der Waals surface area (Å²) in [6, 6.07) is 24.1. The number of carbonyl (C=O) groups is 4. The molecule has 2 aliphatic heterocycles. The number of aromatic nitrogens is 5. The molecule has 3 aromatic carbocycles. The van der Waals surface area contributed by atoms with Gasteiger partial charge in [0.15, 0.2) is 5.52 Å². The molecule has 0 unspecified atom stereocenters. The van der Waals surface area contributed by atoms with Crippen molar-refractivity contribution in [2.45, 2.75) is 161 Å². The molecule has 5 N–H and O–H groups in total. The molecule has 18 heteroatoms. The molecule has 0 saturated carbocycles. The quantitative estimate of drug-likeness (QED) is 0.0388. The van der Waals surface area contributed by atoms with Crippen molar-refractivity contribution in [1.82, 2.24) is 50.1 Å². The third kappa shape index (κ3) is 14.8. The SMILES string of the molecule is Cc1ncsc1-c1ccc([C@H](C)NC(=O)[C@@H]2C[C@@H](O)CN2C(=O)[C@@H](NC(=O)CCCCCCCCNCc2ccc(-c3c4ncn(CC5(O)CCN(C(=O)C[C@@H](C)c6ccccc6)CC5)c(=O)c4nn3C)cc2)C(C)(C)C)cc1. The van der Waals surface area contributed by atoms with Crippen LogP contribution in [0.25, 0.3) is 32.7 Å². The lowest BCUT2D eigenvalue weighted by Gasteiger charge is -2.38. The van der Waals surface area contributed by atoms with Crippen LogP contribution >= 0.6 is 11.3 Å². The van der Waals surface area contributed by atoms with Crippen LogP contribution in [0.5, 0.6) is 0 Å². The Kier molecular flexibility index (Phi) is 19.4. The number of unbranched alkanes of at least 4 members (excludes halogenated alkanes) is 5. The van der Waals surface area contributed by atoms with Crippen LogP contribution < -0.4 is 21.5 Å². The van der Waals surface area contributed by atoms with Crippen molar-refractivity contribution in [3.05, 3.63) is 123 Å². The lowest BCUT2D eigenvalue weighted by molar-refractivity contribution is -0.144. The number of hydrogen-bond acceptors (Lipinski definition) is 12. The van der Waals surface area contributed by atoms with Gasteiger partial charge in [0.2, 0.25) is 23.6 Å². The summed E-state index contributed by atoms with van der Waals surface area (Å²) in [5.74, 6) is -0.740. The summed E-state index contributed by atoms with van der Waals surface area (Å²) in [6.45, 7) is 14.1. The van der Waals surface area contributed by atoms with Crippen LogP contribution in [0, 0.1) is 12.3 Å². The summed E-state index contributed by atoms with van der Waals surface area (Å²) in [6.07, 6.45) is 7.92. The standard InChI is InChI=1S/C61H80N10O7S/c1-40(44-17-13-12-14-18-44)33-51(74)69-31-28-61(78,29-32-69)37-70-38-63-52-53(58(70)76)67-68(7)54(52)46-22-20-43(21-23-46)35-62-30-16-11-9-8-10-15-19-50(73)66-56(60(4,5)6)59(77)71-36-48(72)34-49(71)57(75)65-41(2)45-24-26-47(27-25-45)55-42(3)64-39-79-55/h12-14,17-18,20-27,38-41,48-49,56,62,72,78H,8-11,15-16,19,28-37H2,1-7H3,(H,65,75)(H,66,73)/t40-,41+,48-,49+,56-/m1/s1. The van der Waals surface area contributed by atoms with Gasteiger partial charge in [-0.3, -0.25) is 33.2 Å². The molecule has 0 spiro atoms. The van der Waals surface area contributed by atoms with E-state index >= 15 is 0 Å². The fraction of sp³-hybridized carbons (Fsp3) is 0.508. The number of nitrogens with one attached hydrogen (secondary N) is 3. The Morgan fingerprint density at radius 3 is 2.18 bits per heavy atom. The molecule has 0 radical (unpaired) electrons. The van der Waals surface area contributed by atoms with Crippen molar-refractivity contribution < 1.29 is 29.4 Å². The van der Waals surface area contributed by atoms with E-state index in [0.717, 1.165) is 82.7 Å². The normalized spacial score (nSPS) is 17.6. The van der Waals surface area contributed by atoms with Crippen molar-refractivity contribution in [3.63, 3.8) is 0 Å². The third-order valence-corrected chi connectivity index (χ3v) is 16.8. The van der Waals surface area contributed by atoms with Gasteiger partial charge >= 0.3 is 0 Å². The number of fused-ring (bicyclic) bond motifs is 1. The average Bonchev–Trinajstić information content (AvgIpc) is 4.33. The first-order chi connectivity index (χ1) is 37.8. The van der Waals surface area contributed by atoms with E-state index in [4.69, 9.17) is 0 Å². The fourth-order valence-electron chi connectivity index (χ4n) is 11.0. The van der Waals surface area contributed by atoms with Gasteiger partial charge in [0, 0.05) is 58.1 Å². The second-order valence-corrected chi connectivity index (χ2v) is 23.9. The second-order valence-electron chi connectivity index (χ2n) is 23.1. The first kappa shape index (κ1) is 58.5. The molecule has 79 heavy (non-hydrogen) atoms. The number of thiazole rings is 1. The molecule has 3 aromatic heterocycles. The molecule has 2 fully saturated rings. The maximum absolute atomic E-state index is 14.1. The van der Waals surface area contributed by atoms with Gasteiger partial charge in [0.25, 0.3) is 5.56 Å². The molecule has 2 aliphatic rings. The third-order valence-electron chi connectivity index (χ3n) is 15.8. The first-order valence-electron chi connectivity index (χ1n) is 28.1. The van der Waals surface area contributed by atoms with Gasteiger partial charge in [0.05, 0.1) is 52.4 Å². The smallest absolute Gasteiger partial charge is 0.281 e. The lowest BCUT2D eigenvalue weighted by Crippen LogP contribution is -2.57. The van der Waals surface area contributed by atoms with Gasteiger partial charge in [-0.1, -0.05) is 132 Å². The van der Waals surface area contributed by atoms with Gasteiger partial charge in [-0.25, -0.2) is 9.97 Å². The highest BCUT2D eigenvalue weighted by Crippen LogP contribution is 2.32. The summed E-state index contributed by atoms with van der Waals surface area (Å²) >= 11 is 1.58. The number of amides is 4. The number of hydrogen-bond donors (Lipinski definition) is 5. The maximum Gasteiger partial charge on any atom is 0.281 e. The van der Waals surface area contributed by atoms with E-state index in [1.807, 2.05) is 112 Å². The predicted octanol–water partition coefficient (Wildman–Crippen LogP) is 7.97. The number of β-amino-alcohol motifs (C(OH)–C–C–N with tert-alkyl or cyclic N) is 1. The number of benzene rings is 3. The van der Waals surface area contributed by atoms with Crippen molar-refractivity contribution >= 4 is 46.0 Å². The van der Waals surface area contributed by atoms with Crippen LogP contribution in [0.3, 0.4) is 0 Å². The molecule has 5 atom stereocenters. The van der Waals surface area contributed by atoms with Crippen LogP contribution in [-0.2, 0) is 39.3 Å². The summed E-state index contributed by atoms with van der Waals surface area (Å²) in [5.41, 5.74) is 7.30. The predicted molar refractivity (Wildman–Crippen MR) is 309 cm³/mol. The molecule has 17 nitrogen and oxygen atoms in total. The molecule has 0 aliphatic carbocycles. The van der Waals surface area contributed by atoms with Crippen LogP contribution in [0.15, 0.2) is 95.5 Å². The van der Waals surface area contributed by atoms with Gasteiger partial charge in [0.1, 0.15) is 17.6 Å². The van der Waals surface area contributed by atoms with E-state index in [1.165, 1.54) is 15.8 Å². The monoisotopic (exact) mass is 1100 g/mol. The van der Waals surface area contributed by atoms with E-state index in [-0.39, 0.29) is 66.2 Å². The van der Waals surface area contributed by atoms with Crippen LogP contribution in [0.1, 0.15) is 140 Å². The molecular formula is C61H80N10O7S. The van der Waals surface area contributed by atoms with Crippen molar-refractivity contribution in [1.29, 1.82) is 0 Å². The fourth-order valence-corrected chi connectivity index (χ4v) is 11.8. The minimum atomic E-state index is -1.15. The van der Waals surface area contributed by atoms with E-state index in [9.17, 15) is 34.2 Å². The summed E-state index contributed by atoms with van der Waals surface area (Å²) in [4.78, 5) is 81.4. The molecule has 6 aromatic rings. The average molecular weight is 1100 g/mol. The number of aryl methyl sites for hydroxylation is 2. The summed E-state index contributed by atoms with van der Waals surface area (Å²) < 4.78 is 3.12. The van der Waals surface area contributed by atoms with Crippen molar-refractivity contribution in [3.8, 4) is 21.7 Å². The van der Waals surface area contributed by atoms with Gasteiger partial charge < -0.3 is 36.0 Å². The highest BCUT2D eigenvalue weighted by molar-refractivity contribution is 7.13. The van der Waals surface area contributed by atoms with Crippen molar-refractivity contribution in [2.75, 3.05) is 26.2 Å². The van der Waals surface area contributed by atoms with Gasteiger partial charge in [-0.15, -0.1) is 11.3 Å². The largest absolute Gasteiger partial charge is 0.391 e. The molecule has 2 saturated heterocycles. The van der Waals surface area contributed by atoms with Crippen molar-refractivity contribution in [2.24, 2.45) is 12.5 Å². The topological polar surface area (TPSA) is 217 Å². The molecule has 5 heterocycles. The second kappa shape index (κ2) is 26.1. The zero-order valence-corrected chi connectivity index (χ0v) is 47.9. The highest BCUT2D eigenvalue weighted by atomic mass is 32.1. The number of likely N-dealkylation sites (tertiary alicyclic amines) is 2. The Morgan fingerprint density at radius 1 is 0.835 bits per heavy atom. The van der Waals surface area contributed by atoms with E-state index in [0.29, 0.717) is 57.3 Å². The maximum atomic E-state index is 14.1. The highest BCUT2D eigenvalue weighted by Gasteiger charge is 2.45. The summed E-state index contributed by atoms with van der Waals surface area (Å²) in [5, 5.41) is 36.4. The first-order valence-corrected chi connectivity index (χ1v) is 29.0.